The van der Waals surface area contributed by atoms with E-state index >= 15 is 0 Å². The van der Waals surface area contributed by atoms with Crippen LogP contribution in [0.4, 0.5) is 5.69 Å². The topological polar surface area (TPSA) is 104 Å². The SMILES string of the molecule is CCOC(=O)C1=C(C)n2c(s/c(=C\c3ccc(Cl)cc3Cl)c2=O)=N[C@@H]1c1cccc([N+](=O)[O-])c1. The molecule has 0 unspecified atom stereocenters. The molecule has 3 aromatic rings. The summed E-state index contributed by atoms with van der Waals surface area (Å²) < 4.78 is 6.92. The van der Waals surface area contributed by atoms with E-state index in [4.69, 9.17) is 27.9 Å². The zero-order chi connectivity index (χ0) is 24.6. The Morgan fingerprint density at radius 1 is 1.29 bits per heavy atom. The molecule has 0 aliphatic carbocycles. The van der Waals surface area contributed by atoms with E-state index in [0.29, 0.717) is 36.2 Å². The lowest BCUT2D eigenvalue weighted by Gasteiger charge is -2.22. The number of esters is 1. The molecule has 4 rings (SSSR count). The number of carbonyl (C=O) groups excluding carboxylic acids is 1. The third-order valence-corrected chi connectivity index (χ3v) is 6.73. The van der Waals surface area contributed by atoms with Gasteiger partial charge in [0.15, 0.2) is 4.80 Å². The van der Waals surface area contributed by atoms with Crippen LogP contribution in [-0.4, -0.2) is 22.1 Å². The second-order valence-electron chi connectivity index (χ2n) is 7.30. The largest absolute Gasteiger partial charge is 0.463 e. The highest BCUT2D eigenvalue weighted by Crippen LogP contribution is 2.33. The first kappa shape index (κ1) is 23.9. The number of ether oxygens (including phenoxy) is 1. The van der Waals surface area contributed by atoms with Gasteiger partial charge in [-0.25, -0.2) is 9.79 Å². The molecule has 0 saturated heterocycles. The van der Waals surface area contributed by atoms with Crippen LogP contribution in [0.5, 0.6) is 0 Å². The van der Waals surface area contributed by atoms with Gasteiger partial charge < -0.3 is 4.74 Å². The molecule has 1 atom stereocenters. The zero-order valence-electron chi connectivity index (χ0n) is 18.0. The average Bonchev–Trinajstić information content (AvgIpc) is 3.11. The van der Waals surface area contributed by atoms with Crippen LogP contribution in [-0.2, 0) is 9.53 Å². The zero-order valence-corrected chi connectivity index (χ0v) is 20.3. The average molecular weight is 518 g/mol. The van der Waals surface area contributed by atoms with Crippen LogP contribution in [0.15, 0.2) is 57.8 Å². The summed E-state index contributed by atoms with van der Waals surface area (Å²) >= 11 is 13.3. The number of nitro benzene ring substituents is 1. The number of allylic oxidation sites excluding steroid dienone is 1. The van der Waals surface area contributed by atoms with E-state index in [2.05, 4.69) is 4.99 Å². The number of benzene rings is 2. The molecule has 8 nitrogen and oxygen atoms in total. The van der Waals surface area contributed by atoms with E-state index in [1.807, 2.05) is 0 Å². The Morgan fingerprint density at radius 2 is 2.06 bits per heavy atom. The van der Waals surface area contributed by atoms with Crippen molar-refractivity contribution in [2.45, 2.75) is 19.9 Å². The summed E-state index contributed by atoms with van der Waals surface area (Å²) in [6.45, 7) is 3.42. The summed E-state index contributed by atoms with van der Waals surface area (Å²) in [7, 11) is 0. The molecular weight excluding hydrogens is 501 g/mol. The van der Waals surface area contributed by atoms with E-state index in [9.17, 15) is 19.7 Å². The van der Waals surface area contributed by atoms with Crippen molar-refractivity contribution in [1.82, 2.24) is 4.57 Å². The molecule has 174 valence electrons. The number of thiazole rings is 1. The Hall–Kier alpha value is -3.27. The van der Waals surface area contributed by atoms with Gasteiger partial charge in [-0.3, -0.25) is 19.5 Å². The molecular formula is C23H17Cl2N3O5S. The van der Waals surface area contributed by atoms with Crippen molar-refractivity contribution in [3.05, 3.63) is 99.0 Å². The number of rotatable bonds is 5. The van der Waals surface area contributed by atoms with Crippen LogP contribution in [0.1, 0.15) is 31.0 Å². The number of nitro groups is 1. The van der Waals surface area contributed by atoms with Gasteiger partial charge in [0.25, 0.3) is 11.2 Å². The highest BCUT2D eigenvalue weighted by Gasteiger charge is 2.32. The summed E-state index contributed by atoms with van der Waals surface area (Å²) in [5.74, 6) is -0.643. The third kappa shape index (κ3) is 4.42. The maximum atomic E-state index is 13.3. The predicted molar refractivity (Wildman–Crippen MR) is 131 cm³/mol. The molecule has 1 aliphatic heterocycles. The quantitative estimate of drug-likeness (QED) is 0.287. The van der Waals surface area contributed by atoms with Crippen molar-refractivity contribution < 1.29 is 14.5 Å². The van der Waals surface area contributed by atoms with Crippen LogP contribution in [0.25, 0.3) is 11.8 Å². The maximum absolute atomic E-state index is 13.3. The van der Waals surface area contributed by atoms with Gasteiger partial charge in [-0.05, 0) is 43.2 Å². The number of non-ortho nitro benzene ring substituents is 1. The van der Waals surface area contributed by atoms with E-state index in [1.54, 1.807) is 44.2 Å². The van der Waals surface area contributed by atoms with Crippen LogP contribution >= 0.6 is 34.5 Å². The molecule has 1 aliphatic rings. The second kappa shape index (κ2) is 9.54. The van der Waals surface area contributed by atoms with Crippen LogP contribution in [0, 0.1) is 10.1 Å². The van der Waals surface area contributed by atoms with Crippen molar-refractivity contribution in [1.29, 1.82) is 0 Å². The molecule has 0 bridgehead atoms. The van der Waals surface area contributed by atoms with E-state index in [1.165, 1.54) is 22.8 Å². The summed E-state index contributed by atoms with van der Waals surface area (Å²) in [5, 5.41) is 12.1. The van der Waals surface area contributed by atoms with E-state index < -0.39 is 16.9 Å². The lowest BCUT2D eigenvalue weighted by atomic mass is 9.96. The monoisotopic (exact) mass is 517 g/mol. The fourth-order valence-electron chi connectivity index (χ4n) is 3.63. The van der Waals surface area contributed by atoms with Gasteiger partial charge in [0, 0.05) is 27.9 Å². The van der Waals surface area contributed by atoms with Crippen molar-refractivity contribution >= 4 is 58.0 Å². The number of aromatic nitrogens is 1. The molecule has 0 fully saturated rings. The van der Waals surface area contributed by atoms with E-state index in [0.717, 1.165) is 11.3 Å². The van der Waals surface area contributed by atoms with Gasteiger partial charge in [0.2, 0.25) is 0 Å². The highest BCUT2D eigenvalue weighted by atomic mass is 35.5. The molecule has 0 spiro atoms. The summed E-state index contributed by atoms with van der Waals surface area (Å²) in [4.78, 5) is 41.9. The molecule has 0 saturated carbocycles. The van der Waals surface area contributed by atoms with Gasteiger partial charge >= 0.3 is 5.97 Å². The third-order valence-electron chi connectivity index (χ3n) is 5.19. The summed E-state index contributed by atoms with van der Waals surface area (Å²) in [5.41, 5.74) is 1.04. The maximum Gasteiger partial charge on any atom is 0.338 e. The highest BCUT2D eigenvalue weighted by molar-refractivity contribution is 7.07. The van der Waals surface area contributed by atoms with Crippen molar-refractivity contribution in [2.24, 2.45) is 4.99 Å². The normalized spacial score (nSPS) is 15.6. The lowest BCUT2D eigenvalue weighted by Crippen LogP contribution is -2.35. The number of fused-ring (bicyclic) bond motifs is 1. The first-order chi connectivity index (χ1) is 16.2. The first-order valence-electron chi connectivity index (χ1n) is 10.1. The Labute approximate surface area is 207 Å². The number of hydrogen-bond acceptors (Lipinski definition) is 7. The Bertz CT molecular complexity index is 1540. The minimum atomic E-state index is -0.871. The molecule has 0 amide bonds. The number of hydrogen-bond donors (Lipinski definition) is 0. The summed E-state index contributed by atoms with van der Waals surface area (Å²) in [6, 6.07) is 9.96. The second-order valence-corrected chi connectivity index (χ2v) is 9.16. The van der Waals surface area contributed by atoms with Gasteiger partial charge in [0.1, 0.15) is 6.04 Å². The predicted octanol–water partition coefficient (Wildman–Crippen LogP) is 4.12. The fraction of sp³-hybridized carbons (Fsp3) is 0.174. The van der Waals surface area contributed by atoms with Crippen molar-refractivity contribution in [3.63, 3.8) is 0 Å². The van der Waals surface area contributed by atoms with Crippen molar-refractivity contribution in [3.8, 4) is 0 Å². The lowest BCUT2D eigenvalue weighted by molar-refractivity contribution is -0.384. The first-order valence-corrected chi connectivity index (χ1v) is 11.7. The standard InChI is InChI=1S/C23H17Cl2N3O5S/c1-3-33-22(30)19-12(2)27-21(29)18(10-13-7-8-15(24)11-17(13)25)34-23(27)26-20(19)14-5-4-6-16(9-14)28(31)32/h4-11,20H,3H2,1-2H3/b18-10-/t20-/m1/s1. The Kier molecular flexibility index (Phi) is 6.70. The molecule has 34 heavy (non-hydrogen) atoms. The Morgan fingerprint density at radius 3 is 2.74 bits per heavy atom. The van der Waals surface area contributed by atoms with Crippen LogP contribution in [0.2, 0.25) is 10.0 Å². The number of halogens is 2. The Balaban J connectivity index is 1.96. The van der Waals surface area contributed by atoms with Crippen LogP contribution in [0.3, 0.4) is 0 Å². The molecule has 11 heteroatoms. The van der Waals surface area contributed by atoms with Gasteiger partial charge in [-0.2, -0.15) is 0 Å². The molecule has 1 aromatic heterocycles. The minimum absolute atomic E-state index is 0.122. The molecule has 2 heterocycles. The smallest absolute Gasteiger partial charge is 0.338 e. The number of carbonyl (C=O) groups is 1. The number of nitrogens with zero attached hydrogens (tertiary/aromatic N) is 3. The van der Waals surface area contributed by atoms with Crippen molar-refractivity contribution in [2.75, 3.05) is 6.61 Å². The molecule has 0 radical (unpaired) electrons. The van der Waals surface area contributed by atoms with Crippen LogP contribution < -0.4 is 14.9 Å². The van der Waals surface area contributed by atoms with E-state index in [-0.39, 0.29) is 23.4 Å². The molecule has 2 aromatic carbocycles. The van der Waals surface area contributed by atoms with Gasteiger partial charge in [-0.1, -0.05) is 52.7 Å². The van der Waals surface area contributed by atoms with Gasteiger partial charge in [0.05, 0.1) is 21.6 Å². The summed E-state index contributed by atoms with van der Waals surface area (Å²) in [6.07, 6.45) is 1.63. The fourth-order valence-corrected chi connectivity index (χ4v) is 5.12. The molecule has 0 N–H and O–H groups in total. The van der Waals surface area contributed by atoms with Gasteiger partial charge in [-0.15, -0.1) is 0 Å². The minimum Gasteiger partial charge on any atom is -0.463 e.